The summed E-state index contributed by atoms with van der Waals surface area (Å²) in [6.07, 6.45) is 3.26. The zero-order valence-corrected chi connectivity index (χ0v) is 20.5. The van der Waals surface area contributed by atoms with E-state index in [1.165, 1.54) is 4.90 Å². The lowest BCUT2D eigenvalue weighted by Crippen LogP contribution is -2.45. The SMILES string of the molecule is C=C(C)C(=O)N(c1ccc(-c2ccccc2)cc1)C(C(=O)N[C@@H](C)c1ccccc1)c1cccnc1. The largest absolute Gasteiger partial charge is 0.347 e. The number of carbonyl (C=O) groups is 2. The van der Waals surface area contributed by atoms with Crippen molar-refractivity contribution in [3.05, 3.63) is 133 Å². The van der Waals surface area contributed by atoms with Gasteiger partial charge in [-0.2, -0.15) is 0 Å². The molecule has 0 aliphatic heterocycles. The van der Waals surface area contributed by atoms with Crippen molar-refractivity contribution in [3.63, 3.8) is 0 Å². The van der Waals surface area contributed by atoms with Gasteiger partial charge in [0, 0.05) is 29.2 Å². The highest BCUT2D eigenvalue weighted by Gasteiger charge is 2.34. The number of benzene rings is 3. The second-order valence-corrected chi connectivity index (χ2v) is 8.70. The molecule has 4 rings (SSSR count). The monoisotopic (exact) mass is 475 g/mol. The number of nitrogens with zero attached hydrogens (tertiary/aromatic N) is 2. The van der Waals surface area contributed by atoms with Crippen molar-refractivity contribution < 1.29 is 9.59 Å². The fourth-order valence-corrected chi connectivity index (χ4v) is 4.11. The lowest BCUT2D eigenvalue weighted by Gasteiger charge is -2.32. The Labute approximate surface area is 212 Å². The van der Waals surface area contributed by atoms with Crippen LogP contribution in [0.4, 0.5) is 5.69 Å². The van der Waals surface area contributed by atoms with E-state index in [0.29, 0.717) is 16.8 Å². The molecule has 1 unspecified atom stereocenters. The van der Waals surface area contributed by atoms with Gasteiger partial charge in [0.05, 0.1) is 6.04 Å². The molecule has 36 heavy (non-hydrogen) atoms. The molecule has 2 atom stereocenters. The minimum absolute atomic E-state index is 0.250. The number of pyridine rings is 1. The summed E-state index contributed by atoms with van der Waals surface area (Å²) in [6, 6.07) is 29.7. The summed E-state index contributed by atoms with van der Waals surface area (Å²) in [5.41, 5.74) is 4.60. The van der Waals surface area contributed by atoms with E-state index in [1.807, 2.05) is 97.9 Å². The topological polar surface area (TPSA) is 62.3 Å². The third-order valence-corrected chi connectivity index (χ3v) is 6.00. The maximum atomic E-state index is 13.8. The number of carbonyl (C=O) groups excluding carboxylic acids is 2. The van der Waals surface area contributed by atoms with Crippen molar-refractivity contribution in [1.29, 1.82) is 0 Å². The van der Waals surface area contributed by atoms with Crippen molar-refractivity contribution in [3.8, 4) is 11.1 Å². The van der Waals surface area contributed by atoms with E-state index in [2.05, 4.69) is 16.9 Å². The Balaban J connectivity index is 1.74. The number of aromatic nitrogens is 1. The molecule has 0 fully saturated rings. The zero-order valence-electron chi connectivity index (χ0n) is 20.5. The fourth-order valence-electron chi connectivity index (χ4n) is 4.11. The van der Waals surface area contributed by atoms with Crippen molar-refractivity contribution in [2.45, 2.75) is 25.9 Å². The molecule has 0 saturated heterocycles. The second-order valence-electron chi connectivity index (χ2n) is 8.70. The molecule has 0 spiro atoms. The van der Waals surface area contributed by atoms with Gasteiger partial charge in [0.2, 0.25) is 5.91 Å². The van der Waals surface area contributed by atoms with Crippen LogP contribution in [0.5, 0.6) is 0 Å². The van der Waals surface area contributed by atoms with Crippen LogP contribution in [0, 0.1) is 0 Å². The summed E-state index contributed by atoms with van der Waals surface area (Å²) in [7, 11) is 0. The van der Waals surface area contributed by atoms with Crippen LogP contribution in [0.1, 0.15) is 37.1 Å². The Morgan fingerprint density at radius 2 is 1.39 bits per heavy atom. The fraction of sp³-hybridized carbons (Fsp3) is 0.129. The Morgan fingerprint density at radius 1 is 0.806 bits per heavy atom. The van der Waals surface area contributed by atoms with Crippen LogP contribution in [0.25, 0.3) is 11.1 Å². The van der Waals surface area contributed by atoms with Gasteiger partial charge in [-0.05, 0) is 48.7 Å². The number of nitrogens with one attached hydrogen (secondary N) is 1. The lowest BCUT2D eigenvalue weighted by molar-refractivity contribution is -0.126. The molecular formula is C31H29N3O2. The minimum Gasteiger partial charge on any atom is -0.347 e. The van der Waals surface area contributed by atoms with Crippen LogP contribution >= 0.6 is 0 Å². The van der Waals surface area contributed by atoms with Crippen molar-refractivity contribution in [2.24, 2.45) is 0 Å². The summed E-state index contributed by atoms with van der Waals surface area (Å²) in [5, 5.41) is 3.09. The summed E-state index contributed by atoms with van der Waals surface area (Å²) in [4.78, 5) is 33.0. The molecular weight excluding hydrogens is 446 g/mol. The van der Waals surface area contributed by atoms with Gasteiger partial charge in [0.25, 0.3) is 5.91 Å². The van der Waals surface area contributed by atoms with Crippen LogP contribution in [-0.2, 0) is 9.59 Å². The van der Waals surface area contributed by atoms with E-state index in [9.17, 15) is 9.59 Å². The highest BCUT2D eigenvalue weighted by molar-refractivity contribution is 6.09. The number of hydrogen-bond donors (Lipinski definition) is 1. The summed E-state index contributed by atoms with van der Waals surface area (Å²) in [6.45, 7) is 7.45. The molecule has 0 aliphatic rings. The predicted molar refractivity (Wildman–Crippen MR) is 144 cm³/mol. The quantitative estimate of drug-likeness (QED) is 0.305. The lowest BCUT2D eigenvalue weighted by atomic mass is 10.0. The van der Waals surface area contributed by atoms with E-state index in [0.717, 1.165) is 16.7 Å². The Bertz CT molecular complexity index is 1320. The van der Waals surface area contributed by atoms with Gasteiger partial charge >= 0.3 is 0 Å². The zero-order chi connectivity index (χ0) is 25.5. The van der Waals surface area contributed by atoms with E-state index in [-0.39, 0.29) is 17.9 Å². The highest BCUT2D eigenvalue weighted by Crippen LogP contribution is 2.31. The third kappa shape index (κ3) is 5.58. The Morgan fingerprint density at radius 3 is 1.97 bits per heavy atom. The number of anilines is 1. The van der Waals surface area contributed by atoms with Crippen LogP contribution in [0.15, 0.2) is 122 Å². The van der Waals surface area contributed by atoms with Crippen molar-refractivity contribution in [2.75, 3.05) is 4.90 Å². The number of hydrogen-bond acceptors (Lipinski definition) is 3. The first kappa shape index (κ1) is 24.6. The van der Waals surface area contributed by atoms with Crippen molar-refractivity contribution in [1.82, 2.24) is 10.3 Å². The molecule has 0 bridgehead atoms. The first-order valence-electron chi connectivity index (χ1n) is 11.9. The maximum absolute atomic E-state index is 13.8. The van der Waals surface area contributed by atoms with Gasteiger partial charge in [-0.3, -0.25) is 19.5 Å². The van der Waals surface area contributed by atoms with E-state index in [1.54, 1.807) is 25.4 Å². The molecule has 3 aromatic carbocycles. The van der Waals surface area contributed by atoms with Crippen LogP contribution < -0.4 is 10.2 Å². The van der Waals surface area contributed by atoms with Gasteiger partial charge in [-0.15, -0.1) is 0 Å². The molecule has 5 nitrogen and oxygen atoms in total. The average molecular weight is 476 g/mol. The summed E-state index contributed by atoms with van der Waals surface area (Å²) < 4.78 is 0. The average Bonchev–Trinajstić information content (AvgIpc) is 2.92. The summed E-state index contributed by atoms with van der Waals surface area (Å²) in [5.74, 6) is -0.639. The van der Waals surface area contributed by atoms with Gasteiger partial charge in [0.1, 0.15) is 6.04 Å². The first-order valence-corrected chi connectivity index (χ1v) is 11.9. The number of amides is 2. The molecule has 0 aliphatic carbocycles. The van der Waals surface area contributed by atoms with E-state index >= 15 is 0 Å². The molecule has 2 amide bonds. The molecule has 0 saturated carbocycles. The van der Waals surface area contributed by atoms with Gasteiger partial charge < -0.3 is 5.32 Å². The van der Waals surface area contributed by atoms with Gasteiger partial charge in [-0.1, -0.05) is 85.4 Å². The second kappa shape index (κ2) is 11.3. The minimum atomic E-state index is -0.934. The Hall–Kier alpha value is -4.51. The normalized spacial score (nSPS) is 12.3. The van der Waals surface area contributed by atoms with E-state index in [4.69, 9.17) is 0 Å². The van der Waals surface area contributed by atoms with Gasteiger partial charge in [-0.25, -0.2) is 0 Å². The van der Waals surface area contributed by atoms with Gasteiger partial charge in [0.15, 0.2) is 0 Å². The molecule has 0 radical (unpaired) electrons. The molecule has 1 heterocycles. The standard InChI is InChI=1S/C31H29N3O2/c1-22(2)31(36)34(28-18-16-26(17-19-28)25-13-8-5-9-14-25)29(27-15-10-20-32-21-27)30(35)33-23(3)24-11-6-4-7-12-24/h4-21,23,29H,1H2,2-3H3,(H,33,35)/t23-,29?/m0/s1. The summed E-state index contributed by atoms with van der Waals surface area (Å²) >= 11 is 0. The molecule has 1 N–H and O–H groups in total. The molecule has 180 valence electrons. The van der Waals surface area contributed by atoms with Crippen LogP contribution in [-0.4, -0.2) is 16.8 Å². The van der Waals surface area contributed by atoms with E-state index < -0.39 is 6.04 Å². The van der Waals surface area contributed by atoms with Crippen molar-refractivity contribution >= 4 is 17.5 Å². The molecule has 4 aromatic rings. The Kier molecular flexibility index (Phi) is 7.71. The predicted octanol–water partition coefficient (Wildman–Crippen LogP) is 6.28. The van der Waals surface area contributed by atoms with Crippen LogP contribution in [0.2, 0.25) is 0 Å². The van der Waals surface area contributed by atoms with Crippen LogP contribution in [0.3, 0.4) is 0 Å². The third-order valence-electron chi connectivity index (χ3n) is 6.00. The maximum Gasteiger partial charge on any atom is 0.254 e. The first-order chi connectivity index (χ1) is 17.5. The molecule has 1 aromatic heterocycles. The highest BCUT2D eigenvalue weighted by atomic mass is 16.2. The smallest absolute Gasteiger partial charge is 0.254 e. The molecule has 5 heteroatoms. The number of rotatable bonds is 8.